The second-order valence-corrected chi connectivity index (χ2v) is 7.02. The van der Waals surface area contributed by atoms with Crippen molar-refractivity contribution in [2.45, 2.75) is 32.4 Å². The Morgan fingerprint density at radius 1 is 1.16 bits per heavy atom. The summed E-state index contributed by atoms with van der Waals surface area (Å²) in [5.41, 5.74) is 0.121. The number of carboxylic acids is 1. The normalized spacial score (nSPS) is 17.0. The highest BCUT2D eigenvalue weighted by Gasteiger charge is 2.33. The number of amides is 1. The van der Waals surface area contributed by atoms with Crippen LogP contribution in [0.2, 0.25) is 0 Å². The molecule has 0 radical (unpaired) electrons. The van der Waals surface area contributed by atoms with Crippen molar-refractivity contribution < 1.29 is 24.2 Å². The van der Waals surface area contributed by atoms with Gasteiger partial charge in [0.05, 0.1) is 7.11 Å². The Labute approximate surface area is 148 Å². The lowest BCUT2D eigenvalue weighted by molar-refractivity contribution is -0.144. The van der Waals surface area contributed by atoms with Crippen molar-refractivity contribution in [2.75, 3.05) is 33.3 Å². The van der Waals surface area contributed by atoms with E-state index in [1.165, 1.54) is 0 Å². The summed E-state index contributed by atoms with van der Waals surface area (Å²) in [6, 6.07) is 6.31. The quantitative estimate of drug-likeness (QED) is 0.898. The summed E-state index contributed by atoms with van der Waals surface area (Å²) in [6.07, 6.45) is -0.361. The molecule has 0 bridgehead atoms. The lowest BCUT2D eigenvalue weighted by Crippen LogP contribution is -2.51. The van der Waals surface area contributed by atoms with Crippen LogP contribution in [-0.4, -0.2) is 65.9 Å². The molecule has 0 aromatic heterocycles. The van der Waals surface area contributed by atoms with Gasteiger partial charge < -0.3 is 19.5 Å². The molecule has 138 valence electrons. The lowest BCUT2D eigenvalue weighted by atomic mass is 10.0. The highest BCUT2D eigenvalue weighted by Crippen LogP contribution is 2.26. The summed E-state index contributed by atoms with van der Waals surface area (Å²) in [7, 11) is 1.55. The Hall–Kier alpha value is -2.28. The third-order valence-corrected chi connectivity index (χ3v) is 3.97. The molecule has 1 heterocycles. The first-order valence-electron chi connectivity index (χ1n) is 8.30. The Morgan fingerprint density at radius 2 is 1.80 bits per heavy atom. The minimum Gasteiger partial charge on any atom is -0.497 e. The summed E-state index contributed by atoms with van der Waals surface area (Å²) in [6.45, 7) is 7.27. The number of methoxy groups -OCH3 is 1. The van der Waals surface area contributed by atoms with Gasteiger partial charge in [-0.2, -0.15) is 0 Å². The van der Waals surface area contributed by atoms with Gasteiger partial charge in [0.2, 0.25) is 0 Å². The second-order valence-electron chi connectivity index (χ2n) is 7.02. The molecule has 1 fully saturated rings. The van der Waals surface area contributed by atoms with Gasteiger partial charge in [0.1, 0.15) is 17.4 Å². The highest BCUT2D eigenvalue weighted by atomic mass is 16.6. The number of carbonyl (C=O) groups is 2. The van der Waals surface area contributed by atoms with Crippen molar-refractivity contribution in [3.8, 4) is 5.75 Å². The van der Waals surface area contributed by atoms with Crippen molar-refractivity contribution in [2.24, 2.45) is 0 Å². The first-order valence-corrected chi connectivity index (χ1v) is 8.30. The molecule has 0 saturated carbocycles. The van der Waals surface area contributed by atoms with Crippen molar-refractivity contribution in [3.63, 3.8) is 0 Å². The number of carbonyl (C=O) groups excluding carboxylic acids is 1. The molecule has 1 N–H and O–H groups in total. The molecule has 1 aromatic rings. The fourth-order valence-electron chi connectivity index (χ4n) is 2.81. The predicted octanol–water partition coefficient (Wildman–Crippen LogP) is 2.37. The Morgan fingerprint density at radius 3 is 2.32 bits per heavy atom. The Kier molecular flexibility index (Phi) is 5.89. The van der Waals surface area contributed by atoms with E-state index in [9.17, 15) is 14.7 Å². The van der Waals surface area contributed by atoms with E-state index < -0.39 is 17.6 Å². The van der Waals surface area contributed by atoms with Gasteiger partial charge in [-0.1, -0.05) is 12.1 Å². The molecule has 1 amide bonds. The van der Waals surface area contributed by atoms with E-state index in [4.69, 9.17) is 9.47 Å². The van der Waals surface area contributed by atoms with Crippen LogP contribution in [0.4, 0.5) is 4.79 Å². The van der Waals surface area contributed by atoms with Gasteiger partial charge in [-0.15, -0.1) is 0 Å². The maximum absolute atomic E-state index is 12.1. The lowest BCUT2D eigenvalue weighted by Gasteiger charge is -2.38. The first-order chi connectivity index (χ1) is 11.7. The molecule has 0 spiro atoms. The second kappa shape index (κ2) is 7.74. The van der Waals surface area contributed by atoms with Crippen molar-refractivity contribution >= 4 is 12.1 Å². The van der Waals surface area contributed by atoms with E-state index in [0.717, 1.165) is 0 Å². The molecule has 25 heavy (non-hydrogen) atoms. The van der Waals surface area contributed by atoms with E-state index in [2.05, 4.69) is 0 Å². The summed E-state index contributed by atoms with van der Waals surface area (Å²) in [5.74, 6) is -0.296. The van der Waals surface area contributed by atoms with Crippen LogP contribution in [0.25, 0.3) is 0 Å². The summed E-state index contributed by atoms with van der Waals surface area (Å²) in [5, 5.41) is 9.68. The van der Waals surface area contributed by atoms with Gasteiger partial charge in [0.15, 0.2) is 0 Å². The molecule has 1 aromatic carbocycles. The third-order valence-electron chi connectivity index (χ3n) is 3.97. The molecular weight excluding hydrogens is 324 g/mol. The number of rotatable bonds is 4. The standard InChI is InChI=1S/C18H26N2O5/c1-18(2,3)25-17(23)20-10-8-19(9-11-20)15(16(21)22)13-6-5-7-14(12-13)24-4/h5-7,12,15H,8-11H2,1-4H3,(H,21,22). The smallest absolute Gasteiger partial charge is 0.410 e. The number of ether oxygens (including phenoxy) is 2. The molecule has 2 rings (SSSR count). The Balaban J connectivity index is 2.05. The first kappa shape index (κ1) is 19.1. The minimum absolute atomic E-state index is 0.361. The molecule has 0 aliphatic carbocycles. The van der Waals surface area contributed by atoms with Gasteiger partial charge >= 0.3 is 12.1 Å². The molecule has 7 heteroatoms. The van der Waals surface area contributed by atoms with Gasteiger partial charge in [0.25, 0.3) is 0 Å². The number of benzene rings is 1. The van der Waals surface area contributed by atoms with E-state index in [-0.39, 0.29) is 6.09 Å². The average Bonchev–Trinajstić information content (AvgIpc) is 2.54. The zero-order valence-corrected chi connectivity index (χ0v) is 15.2. The van der Waals surface area contributed by atoms with E-state index >= 15 is 0 Å². The molecule has 7 nitrogen and oxygen atoms in total. The molecule has 1 aliphatic heterocycles. The summed E-state index contributed by atoms with van der Waals surface area (Å²) in [4.78, 5) is 27.4. The SMILES string of the molecule is COc1cccc(C(C(=O)O)N2CCN(C(=O)OC(C)(C)C)CC2)c1. The van der Waals surface area contributed by atoms with Crippen LogP contribution in [0.1, 0.15) is 32.4 Å². The fraction of sp³-hybridized carbons (Fsp3) is 0.556. The van der Waals surface area contributed by atoms with Crippen LogP contribution in [0, 0.1) is 0 Å². The molecule has 1 saturated heterocycles. The number of aliphatic carboxylic acids is 1. The number of nitrogens with zero attached hydrogens (tertiary/aromatic N) is 2. The van der Waals surface area contributed by atoms with Crippen molar-refractivity contribution in [1.82, 2.24) is 9.80 Å². The van der Waals surface area contributed by atoms with Gasteiger partial charge in [-0.3, -0.25) is 9.69 Å². The predicted molar refractivity (Wildman–Crippen MR) is 92.8 cm³/mol. The summed E-state index contributed by atoms with van der Waals surface area (Å²) >= 11 is 0. The van der Waals surface area contributed by atoms with Crippen LogP contribution in [0.15, 0.2) is 24.3 Å². The maximum atomic E-state index is 12.1. The highest BCUT2D eigenvalue weighted by molar-refractivity contribution is 5.76. The van der Waals surface area contributed by atoms with E-state index in [1.54, 1.807) is 36.3 Å². The summed E-state index contributed by atoms with van der Waals surface area (Å²) < 4.78 is 10.6. The van der Waals surface area contributed by atoms with Crippen LogP contribution in [-0.2, 0) is 9.53 Å². The van der Waals surface area contributed by atoms with Gasteiger partial charge in [0, 0.05) is 26.2 Å². The average molecular weight is 350 g/mol. The monoisotopic (exact) mass is 350 g/mol. The van der Waals surface area contributed by atoms with Gasteiger partial charge in [-0.25, -0.2) is 4.79 Å². The number of carboxylic acid groups (broad SMARTS) is 1. The van der Waals surface area contributed by atoms with Crippen molar-refractivity contribution in [3.05, 3.63) is 29.8 Å². The molecule has 1 unspecified atom stereocenters. The number of hydrogen-bond donors (Lipinski definition) is 1. The topological polar surface area (TPSA) is 79.3 Å². The molecular formula is C18H26N2O5. The van der Waals surface area contributed by atoms with Gasteiger partial charge in [-0.05, 0) is 38.5 Å². The molecule has 1 atom stereocenters. The fourth-order valence-corrected chi connectivity index (χ4v) is 2.81. The largest absolute Gasteiger partial charge is 0.497 e. The molecule has 1 aliphatic rings. The minimum atomic E-state index is -0.918. The number of piperazine rings is 1. The zero-order chi connectivity index (χ0) is 18.6. The van der Waals surface area contributed by atoms with Crippen LogP contribution in [0.5, 0.6) is 5.75 Å². The van der Waals surface area contributed by atoms with Crippen molar-refractivity contribution in [1.29, 1.82) is 0 Å². The van der Waals surface area contributed by atoms with Crippen LogP contribution >= 0.6 is 0 Å². The van der Waals surface area contributed by atoms with E-state index in [1.807, 2.05) is 25.7 Å². The third kappa shape index (κ3) is 5.09. The Bertz CT molecular complexity index is 618. The van der Waals surface area contributed by atoms with E-state index in [0.29, 0.717) is 37.5 Å². The maximum Gasteiger partial charge on any atom is 0.410 e. The number of hydrogen-bond acceptors (Lipinski definition) is 5. The van der Waals surface area contributed by atoms with Crippen LogP contribution < -0.4 is 4.74 Å². The van der Waals surface area contributed by atoms with Crippen LogP contribution in [0.3, 0.4) is 0 Å². The zero-order valence-electron chi connectivity index (χ0n) is 15.2.